The Labute approximate surface area is 163 Å². The molecule has 0 spiro atoms. The van der Waals surface area contributed by atoms with Crippen LogP contribution in [0.4, 0.5) is 5.82 Å². The van der Waals surface area contributed by atoms with Crippen LogP contribution in [0.2, 0.25) is 0 Å². The van der Waals surface area contributed by atoms with E-state index in [4.69, 9.17) is 5.21 Å². The minimum atomic E-state index is -0.633. The van der Waals surface area contributed by atoms with Gasteiger partial charge in [0.05, 0.1) is 24.5 Å². The van der Waals surface area contributed by atoms with Gasteiger partial charge in [-0.05, 0) is 24.5 Å². The standard InChI is InChI=1S/C20H23N5O3/c26-19(24-28)9-8-16-12-22-18(13-21-16)23-17-7-4-10-25(14-17)20(27)11-15-5-2-1-3-6-15/h1-3,5-6,8-9,12-13,17,28H,4,7,10-11,14H2,(H,22,23)(H,24,26)/b9-8+/t17-/m1/s1. The molecule has 0 bridgehead atoms. The molecule has 0 saturated carbocycles. The highest BCUT2D eigenvalue weighted by atomic mass is 16.5. The van der Waals surface area contributed by atoms with E-state index in [1.54, 1.807) is 6.20 Å². The summed E-state index contributed by atoms with van der Waals surface area (Å²) in [5.74, 6) is 0.115. The summed E-state index contributed by atoms with van der Waals surface area (Å²) in [6.45, 7) is 1.40. The highest BCUT2D eigenvalue weighted by Gasteiger charge is 2.23. The van der Waals surface area contributed by atoms with E-state index in [1.165, 1.54) is 17.8 Å². The predicted octanol–water partition coefficient (Wildman–Crippen LogP) is 1.64. The van der Waals surface area contributed by atoms with Gasteiger partial charge in [0.25, 0.3) is 5.91 Å². The number of aromatic nitrogens is 2. The molecular weight excluding hydrogens is 358 g/mol. The summed E-state index contributed by atoms with van der Waals surface area (Å²) in [4.78, 5) is 33.9. The third-order valence-corrected chi connectivity index (χ3v) is 4.51. The predicted molar refractivity (Wildman–Crippen MR) is 104 cm³/mol. The largest absolute Gasteiger partial charge is 0.364 e. The number of hydrogen-bond donors (Lipinski definition) is 3. The second-order valence-corrected chi connectivity index (χ2v) is 6.62. The lowest BCUT2D eigenvalue weighted by atomic mass is 10.0. The van der Waals surface area contributed by atoms with Gasteiger partial charge in [0.2, 0.25) is 5.91 Å². The van der Waals surface area contributed by atoms with Crippen LogP contribution in [0.15, 0.2) is 48.8 Å². The monoisotopic (exact) mass is 381 g/mol. The Balaban J connectivity index is 1.53. The molecule has 1 aromatic heterocycles. The summed E-state index contributed by atoms with van der Waals surface area (Å²) in [5.41, 5.74) is 3.03. The fraction of sp³-hybridized carbons (Fsp3) is 0.300. The van der Waals surface area contributed by atoms with Crippen molar-refractivity contribution in [2.45, 2.75) is 25.3 Å². The number of carbonyl (C=O) groups excluding carboxylic acids is 2. The smallest absolute Gasteiger partial charge is 0.267 e. The van der Waals surface area contributed by atoms with Crippen LogP contribution in [0.5, 0.6) is 0 Å². The van der Waals surface area contributed by atoms with Crippen molar-refractivity contribution in [1.82, 2.24) is 20.3 Å². The molecule has 1 fully saturated rings. The van der Waals surface area contributed by atoms with Crippen molar-refractivity contribution in [2.24, 2.45) is 0 Å². The van der Waals surface area contributed by atoms with E-state index in [0.29, 0.717) is 24.5 Å². The molecule has 8 heteroatoms. The summed E-state index contributed by atoms with van der Waals surface area (Å²) < 4.78 is 0. The van der Waals surface area contributed by atoms with Gasteiger partial charge >= 0.3 is 0 Å². The molecule has 1 aromatic carbocycles. The molecule has 3 rings (SSSR count). The number of hydroxylamine groups is 1. The summed E-state index contributed by atoms with van der Waals surface area (Å²) in [7, 11) is 0. The van der Waals surface area contributed by atoms with Gasteiger partial charge < -0.3 is 10.2 Å². The maximum atomic E-state index is 12.6. The quantitative estimate of drug-likeness (QED) is 0.399. The number of nitrogens with one attached hydrogen (secondary N) is 2. The number of carbonyl (C=O) groups is 2. The van der Waals surface area contributed by atoms with E-state index in [1.807, 2.05) is 35.2 Å². The molecule has 1 aliphatic rings. The normalized spacial score (nSPS) is 16.8. The van der Waals surface area contributed by atoms with Crippen LogP contribution >= 0.6 is 0 Å². The maximum absolute atomic E-state index is 12.6. The van der Waals surface area contributed by atoms with Crippen molar-refractivity contribution in [1.29, 1.82) is 0 Å². The summed E-state index contributed by atoms with van der Waals surface area (Å²) in [5, 5.41) is 11.8. The van der Waals surface area contributed by atoms with Crippen LogP contribution < -0.4 is 10.8 Å². The second kappa shape index (κ2) is 9.61. The molecule has 0 aliphatic carbocycles. The van der Waals surface area contributed by atoms with E-state index in [2.05, 4.69) is 15.3 Å². The Morgan fingerprint density at radius 3 is 2.75 bits per heavy atom. The Hall–Kier alpha value is -3.26. The van der Waals surface area contributed by atoms with E-state index in [0.717, 1.165) is 31.0 Å². The van der Waals surface area contributed by atoms with Crippen molar-refractivity contribution in [3.8, 4) is 0 Å². The minimum absolute atomic E-state index is 0.115. The first-order chi connectivity index (χ1) is 13.6. The first kappa shape index (κ1) is 19.5. The Morgan fingerprint density at radius 2 is 2.04 bits per heavy atom. The zero-order valence-electron chi connectivity index (χ0n) is 15.4. The molecule has 2 aromatic rings. The highest BCUT2D eigenvalue weighted by molar-refractivity contribution is 5.90. The van der Waals surface area contributed by atoms with E-state index in [9.17, 15) is 9.59 Å². The average molecular weight is 381 g/mol. The Morgan fingerprint density at radius 1 is 1.21 bits per heavy atom. The molecule has 1 atom stereocenters. The number of likely N-dealkylation sites (tertiary alicyclic amines) is 1. The number of benzene rings is 1. The van der Waals surface area contributed by atoms with Gasteiger partial charge in [0.1, 0.15) is 5.82 Å². The lowest BCUT2D eigenvalue weighted by Crippen LogP contribution is -2.45. The van der Waals surface area contributed by atoms with Crippen LogP contribution in [-0.2, 0) is 16.0 Å². The van der Waals surface area contributed by atoms with Crippen molar-refractivity contribution in [2.75, 3.05) is 18.4 Å². The summed E-state index contributed by atoms with van der Waals surface area (Å²) >= 11 is 0. The molecule has 28 heavy (non-hydrogen) atoms. The molecule has 3 N–H and O–H groups in total. The fourth-order valence-corrected chi connectivity index (χ4v) is 3.11. The van der Waals surface area contributed by atoms with Crippen LogP contribution in [-0.4, -0.2) is 51.0 Å². The van der Waals surface area contributed by atoms with Gasteiger partial charge in [-0.15, -0.1) is 0 Å². The van der Waals surface area contributed by atoms with Gasteiger partial charge in [-0.1, -0.05) is 30.3 Å². The number of rotatable bonds is 6. The topological polar surface area (TPSA) is 107 Å². The number of anilines is 1. The van der Waals surface area contributed by atoms with Gasteiger partial charge in [0, 0.05) is 25.2 Å². The molecule has 2 heterocycles. The zero-order valence-corrected chi connectivity index (χ0v) is 15.4. The molecule has 0 unspecified atom stereocenters. The Kier molecular flexibility index (Phi) is 6.69. The molecule has 8 nitrogen and oxygen atoms in total. The lowest BCUT2D eigenvalue weighted by molar-refractivity contribution is -0.131. The van der Waals surface area contributed by atoms with Crippen molar-refractivity contribution >= 4 is 23.7 Å². The van der Waals surface area contributed by atoms with Crippen molar-refractivity contribution < 1.29 is 14.8 Å². The third-order valence-electron chi connectivity index (χ3n) is 4.51. The summed E-state index contributed by atoms with van der Waals surface area (Å²) in [6, 6.07) is 9.87. The van der Waals surface area contributed by atoms with Gasteiger partial charge in [0.15, 0.2) is 0 Å². The van der Waals surface area contributed by atoms with Gasteiger partial charge in [-0.25, -0.2) is 10.5 Å². The number of piperidine rings is 1. The number of hydrogen-bond acceptors (Lipinski definition) is 6. The molecular formula is C20H23N5O3. The molecule has 146 valence electrons. The van der Waals surface area contributed by atoms with Crippen LogP contribution in [0.3, 0.4) is 0 Å². The van der Waals surface area contributed by atoms with E-state index in [-0.39, 0.29) is 11.9 Å². The average Bonchev–Trinajstić information content (AvgIpc) is 2.74. The van der Waals surface area contributed by atoms with Crippen LogP contribution in [0.1, 0.15) is 24.1 Å². The molecule has 1 saturated heterocycles. The molecule has 0 radical (unpaired) electrons. The Bertz CT molecular complexity index is 823. The zero-order chi connectivity index (χ0) is 19.8. The fourth-order valence-electron chi connectivity index (χ4n) is 3.11. The second-order valence-electron chi connectivity index (χ2n) is 6.62. The number of nitrogens with zero attached hydrogens (tertiary/aromatic N) is 3. The first-order valence-electron chi connectivity index (χ1n) is 9.16. The minimum Gasteiger partial charge on any atom is -0.364 e. The van der Waals surface area contributed by atoms with Gasteiger partial charge in [-0.2, -0.15) is 0 Å². The van der Waals surface area contributed by atoms with Gasteiger partial charge in [-0.3, -0.25) is 19.8 Å². The first-order valence-corrected chi connectivity index (χ1v) is 9.16. The highest BCUT2D eigenvalue weighted by Crippen LogP contribution is 2.16. The third kappa shape index (κ3) is 5.62. The van der Waals surface area contributed by atoms with E-state index >= 15 is 0 Å². The molecule has 2 amide bonds. The van der Waals surface area contributed by atoms with Crippen molar-refractivity contribution in [3.63, 3.8) is 0 Å². The van der Waals surface area contributed by atoms with Crippen LogP contribution in [0, 0.1) is 0 Å². The maximum Gasteiger partial charge on any atom is 0.267 e. The molecule has 1 aliphatic heterocycles. The summed E-state index contributed by atoms with van der Waals surface area (Å²) in [6.07, 6.45) is 8.03. The number of amides is 2. The van der Waals surface area contributed by atoms with E-state index < -0.39 is 5.91 Å². The van der Waals surface area contributed by atoms with Crippen molar-refractivity contribution in [3.05, 3.63) is 60.1 Å². The lowest BCUT2D eigenvalue weighted by Gasteiger charge is -2.33. The van der Waals surface area contributed by atoms with Crippen LogP contribution in [0.25, 0.3) is 6.08 Å². The SMILES string of the molecule is O=C(/C=C/c1cnc(N[C@@H]2CCCN(C(=O)Cc3ccccc3)C2)cn1)NO.